The van der Waals surface area contributed by atoms with Crippen molar-refractivity contribution in [3.8, 4) is 5.75 Å². The molecule has 0 aliphatic rings. The lowest BCUT2D eigenvalue weighted by molar-refractivity contribution is -0.275. The molecule has 1 rings (SSSR count). The maximum absolute atomic E-state index is 12.3. The minimum atomic E-state index is -4.80. The van der Waals surface area contributed by atoms with Gasteiger partial charge in [0.1, 0.15) is 0 Å². The lowest BCUT2D eigenvalue weighted by Gasteiger charge is -2.15. The number of halogens is 3. The van der Waals surface area contributed by atoms with Crippen molar-refractivity contribution < 1.29 is 22.7 Å². The first-order valence-electron chi connectivity index (χ1n) is 4.85. The molecule has 94 valence electrons. The molecular formula is C11H11F3O2S. The van der Waals surface area contributed by atoms with Crippen LogP contribution in [0.1, 0.15) is 23.7 Å². The first-order valence-corrected chi connectivity index (χ1v) is 6.07. The van der Waals surface area contributed by atoms with E-state index in [4.69, 9.17) is 0 Å². The van der Waals surface area contributed by atoms with E-state index in [2.05, 4.69) is 4.74 Å². The lowest BCUT2D eigenvalue weighted by Crippen LogP contribution is -2.19. The van der Waals surface area contributed by atoms with Crippen LogP contribution >= 0.6 is 11.8 Å². The van der Waals surface area contributed by atoms with Gasteiger partial charge in [-0.3, -0.25) is 4.79 Å². The minimum absolute atomic E-state index is 0.0309. The summed E-state index contributed by atoms with van der Waals surface area (Å²) >= 11 is 1.10. The Bertz CT molecular complexity index is 416. The molecule has 0 fully saturated rings. The molecule has 0 atom stereocenters. The molecule has 2 nitrogen and oxygen atoms in total. The number of Topliss-reactive ketones (excluding diaryl/α,β-unsaturated/α-hetero) is 1. The van der Waals surface area contributed by atoms with E-state index in [-0.39, 0.29) is 17.8 Å². The molecule has 0 saturated heterocycles. The monoisotopic (exact) mass is 264 g/mol. The van der Waals surface area contributed by atoms with Gasteiger partial charge in [-0.25, -0.2) is 0 Å². The van der Waals surface area contributed by atoms with Crippen LogP contribution < -0.4 is 4.74 Å². The van der Waals surface area contributed by atoms with Crippen molar-refractivity contribution >= 4 is 17.5 Å². The number of ketones is 1. The Morgan fingerprint density at radius 1 is 1.41 bits per heavy atom. The van der Waals surface area contributed by atoms with Crippen molar-refractivity contribution in [1.29, 1.82) is 0 Å². The zero-order chi connectivity index (χ0) is 13.1. The van der Waals surface area contributed by atoms with E-state index in [1.54, 1.807) is 13.2 Å². The normalized spacial score (nSPS) is 11.4. The molecule has 1 aromatic rings. The Kier molecular flexibility index (Phi) is 4.45. The predicted molar refractivity (Wildman–Crippen MR) is 59.5 cm³/mol. The third-order valence-corrected chi connectivity index (χ3v) is 2.80. The zero-order valence-corrected chi connectivity index (χ0v) is 10.1. The Labute approximate surface area is 101 Å². The number of hydrogen-bond donors (Lipinski definition) is 0. The number of para-hydroxylation sites is 1. The first-order chi connectivity index (χ1) is 7.89. The lowest BCUT2D eigenvalue weighted by atomic mass is 10.1. The molecular weight excluding hydrogens is 253 g/mol. The summed E-state index contributed by atoms with van der Waals surface area (Å²) in [5.74, 6) is -0.778. The highest BCUT2D eigenvalue weighted by atomic mass is 32.2. The van der Waals surface area contributed by atoms with Gasteiger partial charge < -0.3 is 4.74 Å². The number of alkyl halides is 3. The Morgan fingerprint density at radius 3 is 2.53 bits per heavy atom. The molecule has 0 aromatic heterocycles. The van der Waals surface area contributed by atoms with Gasteiger partial charge in [0.25, 0.3) is 0 Å². The second-order valence-electron chi connectivity index (χ2n) is 3.16. The van der Waals surface area contributed by atoms with Crippen molar-refractivity contribution in [3.63, 3.8) is 0 Å². The highest BCUT2D eigenvalue weighted by molar-refractivity contribution is 7.98. The fraction of sp³-hybridized carbons (Fsp3) is 0.364. The average Bonchev–Trinajstić information content (AvgIpc) is 2.26. The summed E-state index contributed by atoms with van der Waals surface area (Å²) in [7, 11) is 0. The summed E-state index contributed by atoms with van der Waals surface area (Å²) in [4.78, 5) is 11.8. The zero-order valence-electron chi connectivity index (χ0n) is 9.30. The van der Waals surface area contributed by atoms with Crippen LogP contribution in [-0.2, 0) is 0 Å². The van der Waals surface area contributed by atoms with Crippen LogP contribution in [0.4, 0.5) is 13.2 Å². The largest absolute Gasteiger partial charge is 0.573 e. The van der Waals surface area contributed by atoms with Crippen molar-refractivity contribution in [2.45, 2.75) is 24.6 Å². The minimum Gasteiger partial charge on any atom is -0.404 e. The fourth-order valence-electron chi connectivity index (χ4n) is 1.31. The van der Waals surface area contributed by atoms with E-state index in [9.17, 15) is 18.0 Å². The molecule has 0 amide bonds. The van der Waals surface area contributed by atoms with Gasteiger partial charge >= 0.3 is 6.36 Å². The average molecular weight is 264 g/mol. The number of hydrogen-bond acceptors (Lipinski definition) is 3. The Hall–Kier alpha value is -1.17. The summed E-state index contributed by atoms with van der Waals surface area (Å²) in [6.07, 6.45) is -3.04. The quantitative estimate of drug-likeness (QED) is 0.609. The van der Waals surface area contributed by atoms with Crippen LogP contribution in [-0.4, -0.2) is 18.4 Å². The van der Waals surface area contributed by atoms with Crippen LogP contribution in [0.25, 0.3) is 0 Å². The third kappa shape index (κ3) is 3.66. The topological polar surface area (TPSA) is 26.3 Å². The third-order valence-electron chi connectivity index (χ3n) is 2.04. The van der Waals surface area contributed by atoms with E-state index in [1.165, 1.54) is 18.2 Å². The molecule has 17 heavy (non-hydrogen) atoms. The molecule has 1 aromatic carbocycles. The summed E-state index contributed by atoms with van der Waals surface area (Å²) in [5.41, 5.74) is -0.0309. The van der Waals surface area contributed by atoms with E-state index in [0.29, 0.717) is 4.90 Å². The Morgan fingerprint density at radius 2 is 2.06 bits per heavy atom. The summed E-state index contributed by atoms with van der Waals surface area (Å²) < 4.78 is 40.7. The highest BCUT2D eigenvalue weighted by Gasteiger charge is 2.34. The van der Waals surface area contributed by atoms with Crippen molar-refractivity contribution in [3.05, 3.63) is 23.8 Å². The molecule has 0 spiro atoms. The van der Waals surface area contributed by atoms with E-state index < -0.39 is 12.1 Å². The predicted octanol–water partition coefficient (Wildman–Crippen LogP) is 3.90. The van der Waals surface area contributed by atoms with Gasteiger partial charge in [0.15, 0.2) is 11.5 Å². The van der Waals surface area contributed by atoms with Gasteiger partial charge in [0, 0.05) is 6.42 Å². The maximum atomic E-state index is 12.3. The number of rotatable bonds is 4. The maximum Gasteiger partial charge on any atom is 0.573 e. The van der Waals surface area contributed by atoms with Gasteiger partial charge in [-0.15, -0.1) is 24.9 Å². The molecule has 0 aliphatic heterocycles. The van der Waals surface area contributed by atoms with Crippen molar-refractivity contribution in [2.24, 2.45) is 0 Å². The molecule has 0 aliphatic carbocycles. The smallest absolute Gasteiger partial charge is 0.404 e. The first kappa shape index (κ1) is 13.9. The number of ether oxygens (including phenoxy) is 1. The SMILES string of the molecule is CCC(=O)c1cccc(SC)c1OC(F)(F)F. The number of thioether (sulfide) groups is 1. The van der Waals surface area contributed by atoms with Gasteiger partial charge in [0.05, 0.1) is 10.5 Å². The van der Waals surface area contributed by atoms with Gasteiger partial charge in [0.2, 0.25) is 0 Å². The van der Waals surface area contributed by atoms with Crippen molar-refractivity contribution in [2.75, 3.05) is 6.26 Å². The van der Waals surface area contributed by atoms with E-state index >= 15 is 0 Å². The van der Waals surface area contributed by atoms with Gasteiger partial charge in [-0.05, 0) is 18.4 Å². The van der Waals surface area contributed by atoms with Crippen LogP contribution in [0.5, 0.6) is 5.75 Å². The van der Waals surface area contributed by atoms with E-state index in [1.807, 2.05) is 0 Å². The molecule has 0 bridgehead atoms. The second kappa shape index (κ2) is 5.44. The number of carbonyl (C=O) groups is 1. The second-order valence-corrected chi connectivity index (χ2v) is 4.01. The van der Waals surface area contributed by atoms with Gasteiger partial charge in [-0.2, -0.15) is 0 Å². The molecule has 6 heteroatoms. The summed E-state index contributed by atoms with van der Waals surface area (Å²) in [5, 5.41) is 0. The molecule has 0 N–H and O–H groups in total. The van der Waals surface area contributed by atoms with Crippen LogP contribution in [0.3, 0.4) is 0 Å². The van der Waals surface area contributed by atoms with Crippen molar-refractivity contribution in [1.82, 2.24) is 0 Å². The van der Waals surface area contributed by atoms with Crippen LogP contribution in [0.15, 0.2) is 23.1 Å². The number of benzene rings is 1. The summed E-state index contributed by atoms with van der Waals surface area (Å²) in [6, 6.07) is 4.36. The summed E-state index contributed by atoms with van der Waals surface area (Å²) in [6.45, 7) is 1.59. The highest BCUT2D eigenvalue weighted by Crippen LogP contribution is 2.35. The van der Waals surface area contributed by atoms with E-state index in [0.717, 1.165) is 11.8 Å². The fourth-order valence-corrected chi connectivity index (χ4v) is 1.86. The van der Waals surface area contributed by atoms with Crippen LogP contribution in [0, 0.1) is 0 Å². The molecule has 0 radical (unpaired) electrons. The number of carbonyl (C=O) groups excluding carboxylic acids is 1. The standard InChI is InChI=1S/C11H11F3O2S/c1-3-8(15)7-5-4-6-9(17-2)10(7)16-11(12,13)14/h4-6H,3H2,1-2H3. The Balaban J connectivity index is 3.25. The molecule has 0 unspecified atom stereocenters. The van der Waals surface area contributed by atoms with Gasteiger partial charge in [-0.1, -0.05) is 13.0 Å². The molecule has 0 saturated carbocycles. The molecule has 0 heterocycles. The van der Waals surface area contributed by atoms with Crippen LogP contribution in [0.2, 0.25) is 0 Å².